The third-order valence-corrected chi connectivity index (χ3v) is 3.33. The lowest BCUT2D eigenvalue weighted by atomic mass is 10.0. The third-order valence-electron chi connectivity index (χ3n) is 3.33. The maximum atomic E-state index is 10.3. The van der Waals surface area contributed by atoms with Crippen molar-refractivity contribution < 1.29 is 9.90 Å². The fraction of sp³-hybridized carbons (Fsp3) is 0.833. The molecule has 0 aliphatic carbocycles. The SMILES string of the molecule is N=C1CCCC[C@H](CCCCCC(=O)O)N1N. The molecule has 0 saturated carbocycles. The normalized spacial score (nSPS) is 21.4. The molecule has 0 amide bonds. The molecular weight excluding hydrogens is 218 g/mol. The predicted octanol–water partition coefficient (Wildman–Crippen LogP) is 2.12. The molecule has 17 heavy (non-hydrogen) atoms. The summed E-state index contributed by atoms with van der Waals surface area (Å²) >= 11 is 0. The van der Waals surface area contributed by atoms with E-state index in [1.807, 2.05) is 0 Å². The molecule has 98 valence electrons. The van der Waals surface area contributed by atoms with Crippen molar-refractivity contribution in [1.29, 1.82) is 5.41 Å². The lowest BCUT2D eigenvalue weighted by molar-refractivity contribution is -0.137. The van der Waals surface area contributed by atoms with E-state index < -0.39 is 5.97 Å². The molecule has 0 bridgehead atoms. The smallest absolute Gasteiger partial charge is 0.303 e. The molecule has 1 aliphatic rings. The van der Waals surface area contributed by atoms with E-state index in [1.165, 1.54) is 0 Å². The molecule has 5 nitrogen and oxygen atoms in total. The number of hydrogen-bond donors (Lipinski definition) is 3. The van der Waals surface area contributed by atoms with E-state index in [0.717, 1.165) is 51.4 Å². The van der Waals surface area contributed by atoms with E-state index in [-0.39, 0.29) is 12.5 Å². The van der Waals surface area contributed by atoms with Crippen LogP contribution in [0.2, 0.25) is 0 Å². The van der Waals surface area contributed by atoms with Gasteiger partial charge in [0.2, 0.25) is 0 Å². The molecule has 0 unspecified atom stereocenters. The fourth-order valence-corrected chi connectivity index (χ4v) is 2.28. The molecule has 5 heteroatoms. The first-order valence-corrected chi connectivity index (χ1v) is 6.44. The van der Waals surface area contributed by atoms with Gasteiger partial charge in [0.15, 0.2) is 0 Å². The molecule has 4 N–H and O–H groups in total. The number of nitrogens with one attached hydrogen (secondary N) is 1. The van der Waals surface area contributed by atoms with Gasteiger partial charge >= 0.3 is 5.97 Å². The highest BCUT2D eigenvalue weighted by Gasteiger charge is 2.20. The van der Waals surface area contributed by atoms with Crippen LogP contribution in [0.15, 0.2) is 0 Å². The van der Waals surface area contributed by atoms with Gasteiger partial charge in [0.1, 0.15) is 5.84 Å². The number of amidine groups is 1. The Morgan fingerprint density at radius 3 is 2.88 bits per heavy atom. The molecule has 0 aromatic heterocycles. The van der Waals surface area contributed by atoms with Crippen LogP contribution in [0, 0.1) is 5.41 Å². The Labute approximate surface area is 102 Å². The van der Waals surface area contributed by atoms with Gasteiger partial charge in [0, 0.05) is 18.9 Å². The van der Waals surface area contributed by atoms with Gasteiger partial charge in [-0.3, -0.25) is 15.2 Å². The van der Waals surface area contributed by atoms with Crippen LogP contribution in [-0.2, 0) is 4.79 Å². The molecule has 1 saturated heterocycles. The Bertz CT molecular complexity index is 268. The van der Waals surface area contributed by atoms with Gasteiger partial charge in [-0.25, -0.2) is 5.84 Å². The second-order valence-electron chi connectivity index (χ2n) is 4.75. The molecule has 0 aromatic carbocycles. The summed E-state index contributed by atoms with van der Waals surface area (Å²) in [5, 5.41) is 17.9. The zero-order valence-corrected chi connectivity index (χ0v) is 10.3. The van der Waals surface area contributed by atoms with Crippen LogP contribution in [0.25, 0.3) is 0 Å². The minimum absolute atomic E-state index is 0.257. The largest absolute Gasteiger partial charge is 0.481 e. The predicted molar refractivity (Wildman–Crippen MR) is 66.7 cm³/mol. The monoisotopic (exact) mass is 241 g/mol. The number of hydrogen-bond acceptors (Lipinski definition) is 3. The second kappa shape index (κ2) is 7.27. The topological polar surface area (TPSA) is 90.4 Å². The number of hydrazine groups is 1. The van der Waals surface area contributed by atoms with Gasteiger partial charge < -0.3 is 5.11 Å². The van der Waals surface area contributed by atoms with Crippen molar-refractivity contribution in [2.75, 3.05) is 0 Å². The molecule has 0 aromatic rings. The fourth-order valence-electron chi connectivity index (χ4n) is 2.28. The number of unbranched alkanes of at least 4 members (excludes halogenated alkanes) is 2. The van der Waals surface area contributed by atoms with Crippen molar-refractivity contribution in [3.8, 4) is 0 Å². The summed E-state index contributed by atoms with van der Waals surface area (Å²) < 4.78 is 0. The van der Waals surface area contributed by atoms with Gasteiger partial charge in [-0.1, -0.05) is 19.3 Å². The molecule has 1 heterocycles. The number of carboxylic acids is 1. The van der Waals surface area contributed by atoms with E-state index >= 15 is 0 Å². The van der Waals surface area contributed by atoms with Crippen molar-refractivity contribution in [3.05, 3.63) is 0 Å². The minimum atomic E-state index is -0.721. The standard InChI is InChI=1S/C12H23N3O2/c13-11-8-5-4-7-10(15(11)14)6-2-1-3-9-12(16)17/h10,13H,1-9,14H2,(H,16,17)/t10-/m0/s1. The Morgan fingerprint density at radius 1 is 1.41 bits per heavy atom. The van der Waals surface area contributed by atoms with Crippen LogP contribution >= 0.6 is 0 Å². The molecule has 1 atom stereocenters. The van der Waals surface area contributed by atoms with Crippen molar-refractivity contribution in [1.82, 2.24) is 5.01 Å². The van der Waals surface area contributed by atoms with Crippen LogP contribution in [0.3, 0.4) is 0 Å². The number of nitrogens with zero attached hydrogens (tertiary/aromatic N) is 1. The van der Waals surface area contributed by atoms with Gasteiger partial charge in [0.25, 0.3) is 0 Å². The van der Waals surface area contributed by atoms with Gasteiger partial charge in [-0.15, -0.1) is 0 Å². The number of nitrogens with two attached hydrogens (primary N) is 1. The maximum absolute atomic E-state index is 10.3. The zero-order chi connectivity index (χ0) is 12.7. The highest BCUT2D eigenvalue weighted by molar-refractivity contribution is 5.79. The van der Waals surface area contributed by atoms with Crippen LogP contribution in [0.4, 0.5) is 0 Å². The van der Waals surface area contributed by atoms with Crippen LogP contribution in [0.1, 0.15) is 57.8 Å². The Balaban J connectivity index is 2.20. The Morgan fingerprint density at radius 2 is 2.18 bits per heavy atom. The number of aliphatic carboxylic acids is 1. The van der Waals surface area contributed by atoms with Crippen molar-refractivity contribution in [2.24, 2.45) is 5.84 Å². The van der Waals surface area contributed by atoms with E-state index in [2.05, 4.69) is 0 Å². The summed E-state index contributed by atoms with van der Waals surface area (Å²) in [4.78, 5) is 10.3. The van der Waals surface area contributed by atoms with E-state index in [9.17, 15) is 4.79 Å². The number of carboxylic acid groups (broad SMARTS) is 1. The lowest BCUT2D eigenvalue weighted by Crippen LogP contribution is -2.44. The molecule has 1 rings (SSSR count). The molecule has 1 aliphatic heterocycles. The highest BCUT2D eigenvalue weighted by atomic mass is 16.4. The van der Waals surface area contributed by atoms with Crippen LogP contribution < -0.4 is 5.84 Å². The van der Waals surface area contributed by atoms with E-state index in [0.29, 0.717) is 5.84 Å². The first-order valence-electron chi connectivity index (χ1n) is 6.44. The second-order valence-corrected chi connectivity index (χ2v) is 4.75. The number of carbonyl (C=O) groups is 1. The summed E-state index contributed by atoms with van der Waals surface area (Å²) in [5.41, 5.74) is 0. The van der Waals surface area contributed by atoms with Gasteiger partial charge in [-0.2, -0.15) is 0 Å². The summed E-state index contributed by atoms with van der Waals surface area (Å²) in [7, 11) is 0. The first kappa shape index (κ1) is 14.0. The van der Waals surface area contributed by atoms with Gasteiger partial charge in [0.05, 0.1) is 0 Å². The summed E-state index contributed by atoms with van der Waals surface area (Å²) in [6.07, 6.45) is 7.93. The van der Waals surface area contributed by atoms with E-state index in [1.54, 1.807) is 5.01 Å². The summed E-state index contributed by atoms with van der Waals surface area (Å²) in [6, 6.07) is 0.273. The molecule has 0 spiro atoms. The summed E-state index contributed by atoms with van der Waals surface area (Å²) in [5.74, 6) is 5.72. The van der Waals surface area contributed by atoms with Crippen molar-refractivity contribution >= 4 is 11.8 Å². The maximum Gasteiger partial charge on any atom is 0.303 e. The van der Waals surface area contributed by atoms with Crippen LogP contribution in [-0.4, -0.2) is 28.0 Å². The molecule has 0 radical (unpaired) electrons. The number of rotatable bonds is 6. The Kier molecular flexibility index (Phi) is 5.97. The highest BCUT2D eigenvalue weighted by Crippen LogP contribution is 2.19. The quantitative estimate of drug-likeness (QED) is 0.490. The van der Waals surface area contributed by atoms with Crippen LogP contribution in [0.5, 0.6) is 0 Å². The average molecular weight is 241 g/mol. The average Bonchev–Trinajstić information content (AvgIpc) is 2.43. The van der Waals surface area contributed by atoms with Gasteiger partial charge in [-0.05, 0) is 25.7 Å². The molecule has 1 fully saturated rings. The lowest BCUT2D eigenvalue weighted by Gasteiger charge is -2.27. The van der Waals surface area contributed by atoms with E-state index in [4.69, 9.17) is 16.4 Å². The zero-order valence-electron chi connectivity index (χ0n) is 10.3. The molecular formula is C12H23N3O2. The summed E-state index contributed by atoms with van der Waals surface area (Å²) in [6.45, 7) is 0. The van der Waals surface area contributed by atoms with Crippen molar-refractivity contribution in [2.45, 2.75) is 63.8 Å². The first-order chi connectivity index (χ1) is 8.11. The Hall–Kier alpha value is -1.10. The van der Waals surface area contributed by atoms with Crippen molar-refractivity contribution in [3.63, 3.8) is 0 Å². The minimum Gasteiger partial charge on any atom is -0.481 e. The third kappa shape index (κ3) is 5.17.